The number of hydrogen-bond acceptors (Lipinski definition) is 2. The van der Waals surface area contributed by atoms with Crippen LogP contribution in [-0.4, -0.2) is 37.1 Å². The van der Waals surface area contributed by atoms with E-state index in [0.29, 0.717) is 5.41 Å². The van der Waals surface area contributed by atoms with Crippen LogP contribution in [0.5, 0.6) is 0 Å². The molecule has 2 saturated carbocycles. The van der Waals surface area contributed by atoms with Crippen LogP contribution >= 0.6 is 0 Å². The lowest BCUT2D eigenvalue weighted by atomic mass is 9.69. The molecule has 0 amide bonds. The second kappa shape index (κ2) is 6.58. The molecule has 0 aromatic heterocycles. The van der Waals surface area contributed by atoms with E-state index in [-0.39, 0.29) is 0 Å². The Kier molecular flexibility index (Phi) is 4.95. The molecule has 0 spiro atoms. The first-order valence-electron chi connectivity index (χ1n) is 9.53. The molecule has 2 heteroatoms. The van der Waals surface area contributed by atoms with Crippen LogP contribution < -0.4 is 5.32 Å². The van der Waals surface area contributed by atoms with Crippen molar-refractivity contribution >= 4 is 0 Å². The molecule has 3 fully saturated rings. The summed E-state index contributed by atoms with van der Waals surface area (Å²) in [6.45, 7) is 12.6. The Labute approximate surface area is 132 Å². The first-order valence-corrected chi connectivity index (χ1v) is 9.53. The van der Waals surface area contributed by atoms with Crippen LogP contribution in [0.15, 0.2) is 0 Å². The summed E-state index contributed by atoms with van der Waals surface area (Å²) in [4.78, 5) is 2.82. The van der Waals surface area contributed by atoms with Crippen molar-refractivity contribution in [2.45, 2.75) is 71.8 Å². The fourth-order valence-electron chi connectivity index (χ4n) is 5.34. The van der Waals surface area contributed by atoms with Crippen molar-refractivity contribution < 1.29 is 0 Å². The van der Waals surface area contributed by atoms with Crippen molar-refractivity contribution in [1.82, 2.24) is 10.2 Å². The molecule has 1 aliphatic heterocycles. The molecule has 1 saturated heterocycles. The predicted octanol–water partition coefficient (Wildman–Crippen LogP) is 3.91. The van der Waals surface area contributed by atoms with Crippen molar-refractivity contribution in [3.05, 3.63) is 0 Å². The van der Waals surface area contributed by atoms with E-state index in [0.717, 1.165) is 23.8 Å². The number of nitrogens with one attached hydrogen (secondary N) is 1. The Bertz CT molecular complexity index is 326. The first kappa shape index (κ1) is 15.8. The highest BCUT2D eigenvalue weighted by atomic mass is 15.2. The van der Waals surface area contributed by atoms with E-state index in [2.05, 4.69) is 31.0 Å². The number of likely N-dealkylation sites (tertiary alicyclic amines) is 1. The zero-order valence-electron chi connectivity index (χ0n) is 14.5. The molecule has 3 rings (SSSR count). The maximum Gasteiger partial charge on any atom is 0.0108 e. The van der Waals surface area contributed by atoms with Gasteiger partial charge in [-0.2, -0.15) is 0 Å². The van der Waals surface area contributed by atoms with Crippen LogP contribution in [-0.2, 0) is 0 Å². The van der Waals surface area contributed by atoms with E-state index < -0.39 is 0 Å². The van der Waals surface area contributed by atoms with Crippen LogP contribution in [0.4, 0.5) is 0 Å². The minimum absolute atomic E-state index is 0.560. The van der Waals surface area contributed by atoms with E-state index >= 15 is 0 Å². The molecule has 21 heavy (non-hydrogen) atoms. The molecular weight excluding hydrogens is 256 g/mol. The molecule has 0 bridgehead atoms. The highest BCUT2D eigenvalue weighted by Crippen LogP contribution is 2.42. The van der Waals surface area contributed by atoms with Crippen molar-refractivity contribution in [2.24, 2.45) is 23.2 Å². The molecule has 4 unspecified atom stereocenters. The summed E-state index contributed by atoms with van der Waals surface area (Å²) < 4.78 is 0. The van der Waals surface area contributed by atoms with Crippen molar-refractivity contribution in [3.8, 4) is 0 Å². The van der Waals surface area contributed by atoms with Crippen LogP contribution in [0, 0.1) is 23.2 Å². The topological polar surface area (TPSA) is 15.3 Å². The summed E-state index contributed by atoms with van der Waals surface area (Å²) in [6, 6.07) is 0.776. The fourth-order valence-corrected chi connectivity index (χ4v) is 5.34. The zero-order chi connectivity index (χ0) is 14.9. The molecule has 4 atom stereocenters. The number of nitrogens with zero attached hydrogens (tertiary/aromatic N) is 1. The maximum atomic E-state index is 3.86. The summed E-state index contributed by atoms with van der Waals surface area (Å²) in [5.41, 5.74) is 0.560. The van der Waals surface area contributed by atoms with E-state index in [1.54, 1.807) is 0 Å². The average Bonchev–Trinajstić information content (AvgIpc) is 2.98. The number of rotatable bonds is 5. The molecule has 3 aliphatic rings. The normalized spacial score (nSPS) is 39.6. The van der Waals surface area contributed by atoms with Gasteiger partial charge in [0.25, 0.3) is 0 Å². The monoisotopic (exact) mass is 292 g/mol. The second-order valence-electron chi connectivity index (χ2n) is 8.90. The van der Waals surface area contributed by atoms with Gasteiger partial charge in [0.2, 0.25) is 0 Å². The summed E-state index contributed by atoms with van der Waals surface area (Å²) in [5.74, 6) is 2.96. The van der Waals surface area contributed by atoms with E-state index in [4.69, 9.17) is 0 Å². The van der Waals surface area contributed by atoms with Gasteiger partial charge in [0.15, 0.2) is 0 Å². The Morgan fingerprint density at radius 2 is 1.81 bits per heavy atom. The number of fused-ring (bicyclic) bond motifs is 1. The maximum absolute atomic E-state index is 3.86. The Hall–Kier alpha value is -0.0800. The summed E-state index contributed by atoms with van der Waals surface area (Å²) in [7, 11) is 0. The summed E-state index contributed by atoms with van der Waals surface area (Å²) in [6.07, 6.45) is 9.99. The molecule has 1 N–H and O–H groups in total. The lowest BCUT2D eigenvalue weighted by molar-refractivity contribution is 0.105. The highest BCUT2D eigenvalue weighted by molar-refractivity contribution is 4.94. The Morgan fingerprint density at radius 1 is 1.10 bits per heavy atom. The zero-order valence-corrected chi connectivity index (χ0v) is 14.5. The summed E-state index contributed by atoms with van der Waals surface area (Å²) in [5, 5.41) is 3.86. The van der Waals surface area contributed by atoms with Gasteiger partial charge >= 0.3 is 0 Å². The molecular formula is C19H36N2. The van der Waals surface area contributed by atoms with Crippen LogP contribution in [0.3, 0.4) is 0 Å². The van der Waals surface area contributed by atoms with Crippen molar-refractivity contribution in [2.75, 3.05) is 26.2 Å². The molecule has 1 heterocycles. The lowest BCUT2D eigenvalue weighted by Gasteiger charge is -2.42. The molecule has 0 radical (unpaired) electrons. The third-order valence-corrected chi connectivity index (χ3v) is 6.47. The van der Waals surface area contributed by atoms with Gasteiger partial charge < -0.3 is 10.2 Å². The van der Waals surface area contributed by atoms with Gasteiger partial charge in [-0.25, -0.2) is 0 Å². The second-order valence-corrected chi connectivity index (χ2v) is 8.90. The largest absolute Gasteiger partial charge is 0.314 e. The van der Waals surface area contributed by atoms with Crippen LogP contribution in [0.2, 0.25) is 0 Å². The summed E-state index contributed by atoms with van der Waals surface area (Å²) >= 11 is 0. The highest BCUT2D eigenvalue weighted by Gasteiger charge is 2.40. The standard InChI is InChI=1S/C19H36N2/c1-4-10-20-18-8-9-19(2,3)11-17(18)14-21-12-15-6-5-7-16(15)13-21/h15-18,20H,4-14H2,1-3H3. The average molecular weight is 293 g/mol. The fraction of sp³-hybridized carbons (Fsp3) is 1.00. The van der Waals surface area contributed by atoms with E-state index in [1.165, 1.54) is 71.1 Å². The molecule has 0 aromatic carbocycles. The van der Waals surface area contributed by atoms with Crippen molar-refractivity contribution in [3.63, 3.8) is 0 Å². The van der Waals surface area contributed by atoms with Gasteiger partial charge in [-0.05, 0) is 68.2 Å². The molecule has 2 nitrogen and oxygen atoms in total. The minimum atomic E-state index is 0.560. The minimum Gasteiger partial charge on any atom is -0.314 e. The smallest absolute Gasteiger partial charge is 0.0108 e. The Balaban J connectivity index is 1.57. The SMILES string of the molecule is CCCNC1CCC(C)(C)CC1CN1CC2CCCC2C1. The third kappa shape index (κ3) is 3.82. The van der Waals surface area contributed by atoms with Crippen LogP contribution in [0.1, 0.15) is 65.7 Å². The van der Waals surface area contributed by atoms with Gasteiger partial charge in [-0.1, -0.05) is 27.2 Å². The Morgan fingerprint density at radius 3 is 2.48 bits per heavy atom. The van der Waals surface area contributed by atoms with Gasteiger partial charge in [0.1, 0.15) is 0 Å². The first-order chi connectivity index (χ1) is 10.1. The third-order valence-electron chi connectivity index (χ3n) is 6.47. The van der Waals surface area contributed by atoms with Crippen LogP contribution in [0.25, 0.3) is 0 Å². The molecule has 0 aromatic rings. The lowest BCUT2D eigenvalue weighted by Crippen LogP contribution is -2.47. The molecule has 2 aliphatic carbocycles. The van der Waals surface area contributed by atoms with E-state index in [1.807, 2.05) is 0 Å². The number of hydrogen-bond donors (Lipinski definition) is 1. The van der Waals surface area contributed by atoms with Gasteiger partial charge in [-0.3, -0.25) is 0 Å². The quantitative estimate of drug-likeness (QED) is 0.826. The van der Waals surface area contributed by atoms with Gasteiger partial charge in [-0.15, -0.1) is 0 Å². The van der Waals surface area contributed by atoms with Gasteiger partial charge in [0, 0.05) is 25.7 Å². The predicted molar refractivity (Wildman–Crippen MR) is 90.5 cm³/mol. The van der Waals surface area contributed by atoms with E-state index in [9.17, 15) is 0 Å². The van der Waals surface area contributed by atoms with Crippen molar-refractivity contribution in [1.29, 1.82) is 0 Å². The molecule has 122 valence electrons. The van der Waals surface area contributed by atoms with Gasteiger partial charge in [0.05, 0.1) is 0 Å².